The summed E-state index contributed by atoms with van der Waals surface area (Å²) in [6.45, 7) is 2.85. The maximum Gasteiger partial charge on any atom is 0.289 e. The summed E-state index contributed by atoms with van der Waals surface area (Å²) in [5.41, 5.74) is 1.25. The lowest BCUT2D eigenvalue weighted by Gasteiger charge is -2.31. The summed E-state index contributed by atoms with van der Waals surface area (Å²) in [4.78, 5) is 23.8. The number of halogens is 1. The van der Waals surface area contributed by atoms with Gasteiger partial charge in [0.05, 0.1) is 6.54 Å². The molecule has 3 aromatic heterocycles. The summed E-state index contributed by atoms with van der Waals surface area (Å²) >= 11 is 3.26. The highest BCUT2D eigenvalue weighted by atomic mass is 79.9. The molecule has 1 amide bonds. The Balaban J connectivity index is 1.24. The van der Waals surface area contributed by atoms with Crippen molar-refractivity contribution in [3.8, 4) is 0 Å². The van der Waals surface area contributed by atoms with E-state index >= 15 is 0 Å². The molecule has 0 bridgehead atoms. The minimum atomic E-state index is -0.0552. The topological polar surface area (TPSA) is 69.1 Å². The maximum absolute atomic E-state index is 12.7. The molecule has 32 heavy (non-hydrogen) atoms. The highest BCUT2D eigenvalue weighted by Gasteiger charge is 2.28. The Morgan fingerprint density at radius 2 is 1.72 bits per heavy atom. The Bertz CT molecular complexity index is 1190. The Kier molecular flexibility index (Phi) is 5.94. The Hall–Kier alpha value is -3.13. The predicted molar refractivity (Wildman–Crippen MR) is 123 cm³/mol. The first-order valence-electron chi connectivity index (χ1n) is 10.8. The van der Waals surface area contributed by atoms with Crippen LogP contribution in [0.1, 0.15) is 46.5 Å². The van der Waals surface area contributed by atoms with Crippen LogP contribution in [0.2, 0.25) is 0 Å². The van der Waals surface area contributed by atoms with Gasteiger partial charge in [-0.1, -0.05) is 30.3 Å². The summed E-state index contributed by atoms with van der Waals surface area (Å²) in [6, 6.07) is 13.9. The third-order valence-corrected chi connectivity index (χ3v) is 6.41. The number of benzene rings is 1. The minimum absolute atomic E-state index is 0.0552. The lowest BCUT2D eigenvalue weighted by molar-refractivity contribution is 0.0677. The molecule has 0 radical (unpaired) electrons. The molecule has 0 N–H and O–H groups in total. The fourth-order valence-electron chi connectivity index (χ4n) is 4.31. The van der Waals surface area contributed by atoms with Gasteiger partial charge in [0.25, 0.3) is 5.91 Å². The number of hydrogen-bond acceptors (Lipinski definition) is 4. The number of likely N-dealkylation sites (tertiary alicyclic amines) is 1. The number of carbonyl (C=O) groups excluding carboxylic acids is 1. The van der Waals surface area contributed by atoms with Gasteiger partial charge in [-0.15, -0.1) is 0 Å². The van der Waals surface area contributed by atoms with E-state index in [0.29, 0.717) is 36.0 Å². The third kappa shape index (κ3) is 4.41. The summed E-state index contributed by atoms with van der Waals surface area (Å²) in [7, 11) is 0. The van der Waals surface area contributed by atoms with Gasteiger partial charge in [0.2, 0.25) is 0 Å². The van der Waals surface area contributed by atoms with E-state index in [2.05, 4.69) is 59.3 Å². The second-order valence-electron chi connectivity index (χ2n) is 8.04. The molecule has 1 fully saturated rings. The molecule has 7 nitrogen and oxygen atoms in total. The molecule has 0 aliphatic carbocycles. The number of piperidine rings is 1. The normalized spacial score (nSPS) is 14.7. The molecule has 5 rings (SSSR count). The van der Waals surface area contributed by atoms with Gasteiger partial charge in [0.15, 0.2) is 10.4 Å². The van der Waals surface area contributed by atoms with E-state index in [1.54, 1.807) is 12.1 Å². The van der Waals surface area contributed by atoms with Gasteiger partial charge in [-0.3, -0.25) is 4.79 Å². The number of furan rings is 1. The number of hydrogen-bond donors (Lipinski definition) is 0. The van der Waals surface area contributed by atoms with Crippen LogP contribution >= 0.6 is 15.9 Å². The summed E-state index contributed by atoms with van der Waals surface area (Å²) < 4.78 is 10.4. The average molecular weight is 494 g/mol. The molecule has 0 atom stereocenters. The first kappa shape index (κ1) is 20.8. The van der Waals surface area contributed by atoms with E-state index < -0.39 is 0 Å². The van der Waals surface area contributed by atoms with Gasteiger partial charge in [0.1, 0.15) is 11.6 Å². The van der Waals surface area contributed by atoms with Gasteiger partial charge in [-0.2, -0.15) is 0 Å². The molecule has 4 aromatic rings. The number of carbonyl (C=O) groups is 1. The SMILES string of the molecule is O=C(c1ccc(Br)o1)N1CCC(c2nccn2Cc2nccn2Cc2ccccc2)CC1. The van der Waals surface area contributed by atoms with Crippen LogP contribution < -0.4 is 0 Å². The second-order valence-corrected chi connectivity index (χ2v) is 8.82. The highest BCUT2D eigenvalue weighted by molar-refractivity contribution is 9.10. The average Bonchev–Trinajstić information content (AvgIpc) is 3.57. The smallest absolute Gasteiger partial charge is 0.289 e. The molecule has 1 aliphatic rings. The van der Waals surface area contributed by atoms with E-state index in [9.17, 15) is 4.79 Å². The van der Waals surface area contributed by atoms with Crippen molar-refractivity contribution >= 4 is 21.8 Å². The Labute approximate surface area is 194 Å². The molecular formula is C24H24BrN5O2. The molecule has 0 unspecified atom stereocenters. The quantitative estimate of drug-likeness (QED) is 0.395. The van der Waals surface area contributed by atoms with Gasteiger partial charge < -0.3 is 18.5 Å². The van der Waals surface area contributed by atoms with Crippen LogP contribution in [0.5, 0.6) is 0 Å². The van der Waals surface area contributed by atoms with Crippen LogP contribution in [-0.2, 0) is 13.1 Å². The van der Waals surface area contributed by atoms with Crippen molar-refractivity contribution in [3.63, 3.8) is 0 Å². The minimum Gasteiger partial charge on any atom is -0.444 e. The van der Waals surface area contributed by atoms with Crippen molar-refractivity contribution in [2.24, 2.45) is 0 Å². The maximum atomic E-state index is 12.7. The van der Waals surface area contributed by atoms with Gasteiger partial charge >= 0.3 is 0 Å². The van der Waals surface area contributed by atoms with E-state index in [1.165, 1.54) is 5.56 Å². The molecule has 1 aliphatic heterocycles. The van der Waals surface area contributed by atoms with Crippen molar-refractivity contribution in [3.05, 3.63) is 94.9 Å². The third-order valence-electron chi connectivity index (χ3n) is 5.99. The van der Waals surface area contributed by atoms with Crippen molar-refractivity contribution in [2.45, 2.75) is 31.8 Å². The fraction of sp³-hybridized carbons (Fsp3) is 0.292. The zero-order valence-corrected chi connectivity index (χ0v) is 19.2. The van der Waals surface area contributed by atoms with Crippen molar-refractivity contribution < 1.29 is 9.21 Å². The van der Waals surface area contributed by atoms with Gasteiger partial charge in [-0.05, 0) is 46.5 Å². The van der Waals surface area contributed by atoms with Crippen LogP contribution in [0.3, 0.4) is 0 Å². The molecule has 0 saturated carbocycles. The number of amides is 1. The monoisotopic (exact) mass is 493 g/mol. The molecule has 164 valence electrons. The van der Waals surface area contributed by atoms with E-state index in [0.717, 1.165) is 31.0 Å². The van der Waals surface area contributed by atoms with E-state index in [4.69, 9.17) is 4.42 Å². The first-order valence-corrected chi connectivity index (χ1v) is 11.6. The highest BCUT2D eigenvalue weighted by Crippen LogP contribution is 2.28. The lowest BCUT2D eigenvalue weighted by atomic mass is 9.95. The summed E-state index contributed by atoms with van der Waals surface area (Å²) in [5.74, 6) is 2.70. The van der Waals surface area contributed by atoms with E-state index in [1.807, 2.05) is 35.8 Å². The predicted octanol–water partition coefficient (Wildman–Crippen LogP) is 4.55. The van der Waals surface area contributed by atoms with Gasteiger partial charge in [-0.25, -0.2) is 9.97 Å². The largest absolute Gasteiger partial charge is 0.444 e. The molecule has 1 saturated heterocycles. The molecule has 0 spiro atoms. The van der Waals surface area contributed by atoms with Crippen LogP contribution in [0.15, 0.2) is 76.3 Å². The molecule has 4 heterocycles. The lowest BCUT2D eigenvalue weighted by Crippen LogP contribution is -2.38. The molecular weight excluding hydrogens is 470 g/mol. The van der Waals surface area contributed by atoms with Crippen LogP contribution in [-0.4, -0.2) is 43.0 Å². The standard InChI is InChI=1S/C24H24BrN5O2/c25-21-7-6-20(32-21)24(31)28-12-8-19(9-13-28)23-27-11-15-30(23)17-22-26-10-14-29(22)16-18-4-2-1-3-5-18/h1-7,10-11,14-15,19H,8-9,12-13,16-17H2. The van der Waals surface area contributed by atoms with Crippen LogP contribution in [0.4, 0.5) is 0 Å². The summed E-state index contributed by atoms with van der Waals surface area (Å²) in [6.07, 6.45) is 9.51. The zero-order valence-electron chi connectivity index (χ0n) is 17.6. The first-order chi connectivity index (χ1) is 15.7. The Morgan fingerprint density at radius 3 is 2.47 bits per heavy atom. The molecule has 1 aromatic carbocycles. The van der Waals surface area contributed by atoms with Gasteiger partial charge in [0, 0.05) is 50.3 Å². The summed E-state index contributed by atoms with van der Waals surface area (Å²) in [5, 5.41) is 0. The zero-order chi connectivity index (χ0) is 21.9. The number of imidazole rings is 2. The number of rotatable bonds is 6. The van der Waals surface area contributed by atoms with Crippen LogP contribution in [0, 0.1) is 0 Å². The molecule has 8 heteroatoms. The number of aromatic nitrogens is 4. The Morgan fingerprint density at radius 1 is 0.969 bits per heavy atom. The fourth-order valence-corrected chi connectivity index (χ4v) is 4.61. The number of nitrogens with zero attached hydrogens (tertiary/aromatic N) is 5. The van der Waals surface area contributed by atoms with Crippen molar-refractivity contribution in [1.82, 2.24) is 24.0 Å². The van der Waals surface area contributed by atoms with E-state index in [-0.39, 0.29) is 5.91 Å². The van der Waals surface area contributed by atoms with Crippen LogP contribution in [0.25, 0.3) is 0 Å². The second kappa shape index (κ2) is 9.16. The van der Waals surface area contributed by atoms with Crippen molar-refractivity contribution in [1.29, 1.82) is 0 Å². The van der Waals surface area contributed by atoms with Crippen molar-refractivity contribution in [2.75, 3.05) is 13.1 Å².